The Balaban J connectivity index is 1.58. The number of hydrogen-bond donors (Lipinski definition) is 1. The van der Waals surface area contributed by atoms with Crippen molar-refractivity contribution in [1.29, 1.82) is 0 Å². The topological polar surface area (TPSA) is 58.6 Å². The van der Waals surface area contributed by atoms with Gasteiger partial charge in [0.15, 0.2) is 0 Å². The van der Waals surface area contributed by atoms with Gasteiger partial charge in [0.25, 0.3) is 0 Å². The van der Waals surface area contributed by atoms with Crippen LogP contribution in [0.25, 0.3) is 0 Å². The van der Waals surface area contributed by atoms with Crippen LogP contribution in [0.1, 0.15) is 30.9 Å². The van der Waals surface area contributed by atoms with E-state index in [1.807, 2.05) is 17.0 Å². The third kappa shape index (κ3) is 3.14. The van der Waals surface area contributed by atoms with E-state index in [0.717, 1.165) is 19.3 Å². The molecule has 1 aromatic carbocycles. The van der Waals surface area contributed by atoms with E-state index < -0.39 is 12.1 Å². The summed E-state index contributed by atoms with van der Waals surface area (Å²) >= 11 is 0. The number of hydrogen-bond acceptors (Lipinski definition) is 3. The molecule has 2 aliphatic rings. The molecule has 1 N–H and O–H groups in total. The molecule has 0 radical (unpaired) electrons. The van der Waals surface area contributed by atoms with Crippen LogP contribution in [0, 0.1) is 0 Å². The zero-order chi connectivity index (χ0) is 15.5. The van der Waals surface area contributed by atoms with Crippen molar-refractivity contribution in [2.24, 2.45) is 0 Å². The summed E-state index contributed by atoms with van der Waals surface area (Å²) in [7, 11) is 0. The van der Waals surface area contributed by atoms with Crippen LogP contribution in [0.15, 0.2) is 24.3 Å². The standard InChI is InChI=1S/C17H22N2O3/c1-12(18-16(20)15-7-4-10-22-15)17(21)19-9-8-13-5-2-3-6-14(13)11-19/h2-3,5-6,12,15H,4,7-11H2,1H3,(H,18,20)/t12-,15?/m1/s1. The second-order valence-electron chi connectivity index (χ2n) is 6.01. The molecule has 2 heterocycles. The largest absolute Gasteiger partial charge is 0.368 e. The monoisotopic (exact) mass is 302 g/mol. The van der Waals surface area contributed by atoms with Crippen LogP contribution in [0.5, 0.6) is 0 Å². The first-order valence-corrected chi connectivity index (χ1v) is 7.92. The maximum atomic E-state index is 12.5. The Morgan fingerprint density at radius 1 is 1.32 bits per heavy atom. The zero-order valence-electron chi connectivity index (χ0n) is 12.9. The summed E-state index contributed by atoms with van der Waals surface area (Å²) in [5.41, 5.74) is 2.50. The first-order valence-electron chi connectivity index (χ1n) is 7.92. The second kappa shape index (κ2) is 6.48. The average Bonchev–Trinajstić information content (AvgIpc) is 3.08. The Labute approximate surface area is 130 Å². The van der Waals surface area contributed by atoms with Crippen LogP contribution in [0.3, 0.4) is 0 Å². The number of amides is 2. The van der Waals surface area contributed by atoms with E-state index in [-0.39, 0.29) is 11.8 Å². The lowest BCUT2D eigenvalue weighted by molar-refractivity contribution is -0.139. The van der Waals surface area contributed by atoms with Crippen LogP contribution in [0.4, 0.5) is 0 Å². The fraction of sp³-hybridized carbons (Fsp3) is 0.529. The van der Waals surface area contributed by atoms with Crippen molar-refractivity contribution in [2.75, 3.05) is 13.2 Å². The molecular formula is C17H22N2O3. The van der Waals surface area contributed by atoms with E-state index in [0.29, 0.717) is 19.7 Å². The molecule has 0 aliphatic carbocycles. The number of ether oxygens (including phenoxy) is 1. The lowest BCUT2D eigenvalue weighted by atomic mass is 9.99. The Morgan fingerprint density at radius 3 is 2.82 bits per heavy atom. The zero-order valence-corrected chi connectivity index (χ0v) is 12.9. The van der Waals surface area contributed by atoms with E-state index in [1.54, 1.807) is 6.92 Å². The fourth-order valence-electron chi connectivity index (χ4n) is 3.11. The van der Waals surface area contributed by atoms with Crippen LogP contribution in [0.2, 0.25) is 0 Å². The molecule has 5 nitrogen and oxygen atoms in total. The number of fused-ring (bicyclic) bond motifs is 1. The predicted octanol–water partition coefficient (Wildman–Crippen LogP) is 1.25. The van der Waals surface area contributed by atoms with Gasteiger partial charge in [0, 0.05) is 19.7 Å². The summed E-state index contributed by atoms with van der Waals surface area (Å²) in [6, 6.07) is 7.68. The highest BCUT2D eigenvalue weighted by Crippen LogP contribution is 2.19. The molecule has 0 spiro atoms. The minimum Gasteiger partial charge on any atom is -0.368 e. The molecule has 0 bridgehead atoms. The van der Waals surface area contributed by atoms with E-state index in [1.165, 1.54) is 11.1 Å². The first-order chi connectivity index (χ1) is 10.6. The third-order valence-electron chi connectivity index (χ3n) is 4.39. The van der Waals surface area contributed by atoms with E-state index >= 15 is 0 Å². The number of carbonyl (C=O) groups is 2. The molecule has 1 unspecified atom stereocenters. The molecule has 1 saturated heterocycles. The number of carbonyl (C=O) groups excluding carboxylic acids is 2. The third-order valence-corrected chi connectivity index (χ3v) is 4.39. The lowest BCUT2D eigenvalue weighted by Gasteiger charge is -2.31. The maximum absolute atomic E-state index is 12.5. The van der Waals surface area contributed by atoms with E-state index in [2.05, 4.69) is 17.4 Å². The van der Waals surface area contributed by atoms with Crippen molar-refractivity contribution in [3.63, 3.8) is 0 Å². The fourth-order valence-corrected chi connectivity index (χ4v) is 3.11. The Hall–Kier alpha value is -1.88. The van der Waals surface area contributed by atoms with Gasteiger partial charge in [-0.1, -0.05) is 24.3 Å². The minimum absolute atomic E-state index is 0.0270. The van der Waals surface area contributed by atoms with Crippen molar-refractivity contribution in [2.45, 2.75) is 44.9 Å². The molecular weight excluding hydrogens is 280 g/mol. The molecule has 1 fully saturated rings. The Morgan fingerprint density at radius 2 is 2.09 bits per heavy atom. The molecule has 22 heavy (non-hydrogen) atoms. The van der Waals surface area contributed by atoms with Gasteiger partial charge >= 0.3 is 0 Å². The molecule has 2 aliphatic heterocycles. The minimum atomic E-state index is -0.512. The molecule has 2 atom stereocenters. The van der Waals surface area contributed by atoms with Gasteiger partial charge in [-0.2, -0.15) is 0 Å². The molecule has 3 rings (SSSR count). The summed E-state index contributed by atoms with van der Waals surface area (Å²) in [5, 5.41) is 2.79. The van der Waals surface area contributed by atoms with Crippen molar-refractivity contribution in [1.82, 2.24) is 10.2 Å². The van der Waals surface area contributed by atoms with Crippen molar-refractivity contribution >= 4 is 11.8 Å². The highest BCUT2D eigenvalue weighted by molar-refractivity contribution is 5.89. The van der Waals surface area contributed by atoms with Gasteiger partial charge in [-0.15, -0.1) is 0 Å². The summed E-state index contributed by atoms with van der Waals surface area (Å²) < 4.78 is 5.35. The highest BCUT2D eigenvalue weighted by atomic mass is 16.5. The molecule has 1 aromatic rings. The molecule has 2 amide bonds. The number of nitrogens with zero attached hydrogens (tertiary/aromatic N) is 1. The molecule has 0 aromatic heterocycles. The maximum Gasteiger partial charge on any atom is 0.249 e. The van der Waals surface area contributed by atoms with Crippen molar-refractivity contribution in [3.8, 4) is 0 Å². The summed E-state index contributed by atoms with van der Waals surface area (Å²) in [6.45, 7) is 3.70. The Kier molecular flexibility index (Phi) is 4.43. The predicted molar refractivity (Wildman–Crippen MR) is 82.1 cm³/mol. The first kappa shape index (κ1) is 15.0. The Bertz CT molecular complexity index is 567. The van der Waals surface area contributed by atoms with E-state index in [9.17, 15) is 9.59 Å². The second-order valence-corrected chi connectivity index (χ2v) is 6.01. The van der Waals surface area contributed by atoms with Crippen LogP contribution < -0.4 is 5.32 Å². The smallest absolute Gasteiger partial charge is 0.249 e. The van der Waals surface area contributed by atoms with Gasteiger partial charge in [-0.3, -0.25) is 9.59 Å². The summed E-state index contributed by atoms with van der Waals surface area (Å²) in [5.74, 6) is -0.198. The normalized spacial score (nSPS) is 22.0. The van der Waals surface area contributed by atoms with Gasteiger partial charge < -0.3 is 15.0 Å². The molecule has 5 heteroatoms. The molecule has 118 valence electrons. The van der Waals surface area contributed by atoms with Gasteiger partial charge in [0.1, 0.15) is 12.1 Å². The van der Waals surface area contributed by atoms with Crippen LogP contribution in [-0.4, -0.2) is 42.0 Å². The number of nitrogens with one attached hydrogen (secondary N) is 1. The van der Waals surface area contributed by atoms with Gasteiger partial charge in [0.2, 0.25) is 11.8 Å². The van der Waals surface area contributed by atoms with Crippen LogP contribution in [-0.2, 0) is 27.3 Å². The number of benzene rings is 1. The highest BCUT2D eigenvalue weighted by Gasteiger charge is 2.29. The van der Waals surface area contributed by atoms with Crippen LogP contribution >= 0.6 is 0 Å². The van der Waals surface area contributed by atoms with Gasteiger partial charge in [0.05, 0.1) is 0 Å². The van der Waals surface area contributed by atoms with Gasteiger partial charge in [-0.05, 0) is 37.3 Å². The molecule has 0 saturated carbocycles. The quantitative estimate of drug-likeness (QED) is 0.914. The number of rotatable bonds is 3. The van der Waals surface area contributed by atoms with Crippen molar-refractivity contribution in [3.05, 3.63) is 35.4 Å². The lowest BCUT2D eigenvalue weighted by Crippen LogP contribution is -2.50. The summed E-state index contributed by atoms with van der Waals surface area (Å²) in [4.78, 5) is 26.4. The average molecular weight is 302 g/mol. The van der Waals surface area contributed by atoms with Crippen molar-refractivity contribution < 1.29 is 14.3 Å². The SMILES string of the molecule is C[C@@H](NC(=O)C1CCCO1)C(=O)N1CCc2ccccc2C1. The van der Waals surface area contributed by atoms with Gasteiger partial charge in [-0.25, -0.2) is 0 Å². The summed E-state index contributed by atoms with van der Waals surface area (Å²) in [6.07, 6.45) is 2.12. The van der Waals surface area contributed by atoms with E-state index in [4.69, 9.17) is 4.74 Å².